The summed E-state index contributed by atoms with van der Waals surface area (Å²) >= 11 is 0. The molecular formula is C19H20FNO3. The van der Waals surface area contributed by atoms with E-state index in [1.165, 1.54) is 12.1 Å². The first-order valence-corrected chi connectivity index (χ1v) is 7.74. The minimum Gasteiger partial charge on any atom is -0.392 e. The van der Waals surface area contributed by atoms with E-state index in [4.69, 9.17) is 5.11 Å². The first kappa shape index (κ1) is 17.8. The molecule has 0 fully saturated rings. The van der Waals surface area contributed by atoms with E-state index in [1.807, 2.05) is 19.1 Å². The van der Waals surface area contributed by atoms with Gasteiger partial charge in [0.1, 0.15) is 5.82 Å². The van der Waals surface area contributed by atoms with Gasteiger partial charge in [0, 0.05) is 30.5 Å². The first-order valence-electron chi connectivity index (χ1n) is 7.74. The summed E-state index contributed by atoms with van der Waals surface area (Å²) in [6, 6.07) is 11.5. The molecule has 4 nitrogen and oxygen atoms in total. The third-order valence-electron chi connectivity index (χ3n) is 3.72. The maximum absolute atomic E-state index is 13.3. The maximum atomic E-state index is 13.3. The van der Waals surface area contributed by atoms with E-state index in [9.17, 15) is 14.0 Å². The predicted molar refractivity (Wildman–Crippen MR) is 88.9 cm³/mol. The number of hydrogen-bond donors (Lipinski definition) is 2. The van der Waals surface area contributed by atoms with Gasteiger partial charge in [0.05, 0.1) is 6.61 Å². The molecule has 0 aliphatic heterocycles. The Kier molecular flexibility index (Phi) is 6.21. The van der Waals surface area contributed by atoms with Crippen LogP contribution in [0.2, 0.25) is 0 Å². The van der Waals surface area contributed by atoms with Gasteiger partial charge in [-0.1, -0.05) is 35.9 Å². The molecular weight excluding hydrogens is 309 g/mol. The number of ketones is 1. The van der Waals surface area contributed by atoms with Crippen molar-refractivity contribution in [3.8, 4) is 0 Å². The minimum absolute atomic E-state index is 0.0745. The first-order chi connectivity index (χ1) is 11.5. The summed E-state index contributed by atoms with van der Waals surface area (Å²) in [4.78, 5) is 23.8. The minimum atomic E-state index is -0.476. The zero-order chi connectivity index (χ0) is 17.5. The molecule has 126 valence electrons. The molecule has 2 aromatic carbocycles. The fourth-order valence-corrected chi connectivity index (χ4v) is 2.26. The lowest BCUT2D eigenvalue weighted by molar-refractivity contribution is -0.121. The van der Waals surface area contributed by atoms with Crippen molar-refractivity contribution < 1.29 is 19.1 Å². The van der Waals surface area contributed by atoms with Gasteiger partial charge in [-0.25, -0.2) is 4.39 Å². The highest BCUT2D eigenvalue weighted by Gasteiger charge is 2.09. The van der Waals surface area contributed by atoms with Gasteiger partial charge in [-0.15, -0.1) is 0 Å². The number of rotatable bonds is 7. The summed E-state index contributed by atoms with van der Waals surface area (Å²) in [5.74, 6) is -0.795. The summed E-state index contributed by atoms with van der Waals surface area (Å²) in [6.07, 6.45) is 0.237. The van der Waals surface area contributed by atoms with Crippen molar-refractivity contribution >= 4 is 11.7 Å². The number of aryl methyl sites for hydroxylation is 1. The van der Waals surface area contributed by atoms with E-state index in [1.54, 1.807) is 18.2 Å². The summed E-state index contributed by atoms with van der Waals surface area (Å²) < 4.78 is 13.3. The average Bonchev–Trinajstić information content (AvgIpc) is 2.59. The van der Waals surface area contributed by atoms with Crippen molar-refractivity contribution in [3.63, 3.8) is 0 Å². The number of hydrogen-bond acceptors (Lipinski definition) is 3. The number of aliphatic hydroxyl groups excluding tert-OH is 1. The Morgan fingerprint density at radius 1 is 1.08 bits per heavy atom. The third kappa shape index (κ3) is 4.99. The summed E-state index contributed by atoms with van der Waals surface area (Å²) in [6.45, 7) is 1.78. The molecule has 24 heavy (non-hydrogen) atoms. The van der Waals surface area contributed by atoms with Crippen LogP contribution in [-0.4, -0.2) is 16.8 Å². The van der Waals surface area contributed by atoms with E-state index in [0.717, 1.165) is 5.56 Å². The van der Waals surface area contributed by atoms with Crippen molar-refractivity contribution in [2.45, 2.75) is 32.9 Å². The summed E-state index contributed by atoms with van der Waals surface area (Å²) in [5.41, 5.74) is 2.56. The lowest BCUT2D eigenvalue weighted by Crippen LogP contribution is -2.23. The number of halogens is 1. The zero-order valence-corrected chi connectivity index (χ0v) is 13.5. The Balaban J connectivity index is 1.81. The lowest BCUT2D eigenvalue weighted by Gasteiger charge is -2.07. The van der Waals surface area contributed by atoms with E-state index in [2.05, 4.69) is 5.32 Å². The molecule has 5 heteroatoms. The average molecular weight is 329 g/mol. The number of nitrogens with one attached hydrogen (secondary N) is 1. The van der Waals surface area contributed by atoms with Crippen LogP contribution in [0.1, 0.15) is 39.9 Å². The molecule has 0 saturated heterocycles. The standard InChI is InChI=1S/C19H20FNO3/c1-13-2-5-15(6-3-13)18(23)8-9-19(24)21-11-14-4-7-17(20)16(10-14)12-22/h2-7,10,22H,8-9,11-12H2,1H3,(H,21,24). The second-order valence-electron chi connectivity index (χ2n) is 5.65. The Morgan fingerprint density at radius 3 is 2.46 bits per heavy atom. The van der Waals surface area contributed by atoms with Crippen LogP contribution >= 0.6 is 0 Å². The van der Waals surface area contributed by atoms with Crippen LogP contribution in [0.4, 0.5) is 4.39 Å². The fraction of sp³-hybridized carbons (Fsp3) is 0.263. The molecule has 0 aliphatic rings. The van der Waals surface area contributed by atoms with Gasteiger partial charge >= 0.3 is 0 Å². The van der Waals surface area contributed by atoms with Crippen LogP contribution in [0.15, 0.2) is 42.5 Å². The van der Waals surface area contributed by atoms with Gasteiger partial charge < -0.3 is 10.4 Å². The molecule has 0 saturated carbocycles. The van der Waals surface area contributed by atoms with E-state index in [0.29, 0.717) is 11.1 Å². The highest BCUT2D eigenvalue weighted by atomic mass is 19.1. The Bertz CT molecular complexity index is 726. The van der Waals surface area contributed by atoms with Gasteiger partial charge in [-0.3, -0.25) is 9.59 Å². The quantitative estimate of drug-likeness (QED) is 0.768. The fourth-order valence-electron chi connectivity index (χ4n) is 2.26. The molecule has 0 unspecified atom stereocenters. The highest BCUT2D eigenvalue weighted by Crippen LogP contribution is 2.11. The monoisotopic (exact) mass is 329 g/mol. The molecule has 0 bridgehead atoms. The van der Waals surface area contributed by atoms with Crippen LogP contribution < -0.4 is 5.32 Å². The number of carbonyl (C=O) groups is 2. The summed E-state index contributed by atoms with van der Waals surface area (Å²) in [7, 11) is 0. The van der Waals surface area contributed by atoms with Crippen LogP contribution in [0.5, 0.6) is 0 Å². The molecule has 2 N–H and O–H groups in total. The Labute approximate surface area is 140 Å². The number of amides is 1. The van der Waals surface area contributed by atoms with Gasteiger partial charge in [0.2, 0.25) is 5.91 Å². The summed E-state index contributed by atoms with van der Waals surface area (Å²) in [5, 5.41) is 11.7. The van der Waals surface area contributed by atoms with E-state index in [-0.39, 0.29) is 36.6 Å². The number of carbonyl (C=O) groups excluding carboxylic acids is 2. The number of benzene rings is 2. The van der Waals surface area contributed by atoms with Crippen molar-refractivity contribution in [2.75, 3.05) is 0 Å². The Hall–Kier alpha value is -2.53. The lowest BCUT2D eigenvalue weighted by atomic mass is 10.0. The molecule has 0 atom stereocenters. The van der Waals surface area contributed by atoms with Crippen molar-refractivity contribution in [1.82, 2.24) is 5.32 Å². The third-order valence-corrected chi connectivity index (χ3v) is 3.72. The van der Waals surface area contributed by atoms with E-state index >= 15 is 0 Å². The largest absolute Gasteiger partial charge is 0.392 e. The van der Waals surface area contributed by atoms with E-state index < -0.39 is 12.4 Å². The van der Waals surface area contributed by atoms with Gasteiger partial charge in [-0.05, 0) is 24.6 Å². The SMILES string of the molecule is Cc1ccc(C(=O)CCC(=O)NCc2ccc(F)c(CO)c2)cc1. The smallest absolute Gasteiger partial charge is 0.220 e. The number of Topliss-reactive ketones (excluding diaryl/α,β-unsaturated/α-hetero) is 1. The van der Waals surface area contributed by atoms with Crippen molar-refractivity contribution in [3.05, 3.63) is 70.5 Å². The molecule has 0 radical (unpaired) electrons. The normalized spacial score (nSPS) is 10.5. The zero-order valence-electron chi connectivity index (χ0n) is 13.5. The van der Waals surface area contributed by atoms with Crippen molar-refractivity contribution in [1.29, 1.82) is 0 Å². The van der Waals surface area contributed by atoms with Gasteiger partial charge in [-0.2, -0.15) is 0 Å². The molecule has 0 aromatic heterocycles. The van der Waals surface area contributed by atoms with Gasteiger partial charge in [0.15, 0.2) is 5.78 Å². The molecule has 2 rings (SSSR count). The molecule has 0 aliphatic carbocycles. The molecule has 2 aromatic rings. The van der Waals surface area contributed by atoms with Crippen LogP contribution in [0.25, 0.3) is 0 Å². The molecule has 0 heterocycles. The molecule has 1 amide bonds. The molecule has 0 spiro atoms. The van der Waals surface area contributed by atoms with Gasteiger partial charge in [0.25, 0.3) is 0 Å². The predicted octanol–water partition coefficient (Wildman–Crippen LogP) is 2.91. The second kappa shape index (κ2) is 8.36. The number of aliphatic hydroxyl groups is 1. The maximum Gasteiger partial charge on any atom is 0.220 e. The van der Waals surface area contributed by atoms with Crippen molar-refractivity contribution in [2.24, 2.45) is 0 Å². The Morgan fingerprint density at radius 2 is 1.79 bits per heavy atom. The highest BCUT2D eigenvalue weighted by molar-refractivity contribution is 5.97. The van der Waals surface area contributed by atoms with Crippen LogP contribution in [-0.2, 0) is 17.9 Å². The topological polar surface area (TPSA) is 66.4 Å². The second-order valence-corrected chi connectivity index (χ2v) is 5.65. The van der Waals surface area contributed by atoms with Crippen LogP contribution in [0, 0.1) is 12.7 Å². The van der Waals surface area contributed by atoms with Crippen LogP contribution in [0.3, 0.4) is 0 Å².